The minimum atomic E-state index is -4.13. The van der Waals surface area contributed by atoms with E-state index in [-0.39, 0.29) is 26.1 Å². The van der Waals surface area contributed by atoms with Gasteiger partial charge in [0.2, 0.25) is 0 Å². The van der Waals surface area contributed by atoms with Crippen LogP contribution in [-0.2, 0) is 18.3 Å². The van der Waals surface area contributed by atoms with Crippen molar-refractivity contribution in [1.82, 2.24) is 15.1 Å². The highest BCUT2D eigenvalue weighted by Crippen LogP contribution is 2.20. The van der Waals surface area contributed by atoms with Gasteiger partial charge in [-0.3, -0.25) is 4.68 Å². The standard InChI is InChI=1S/C12H18F3N3O2/c1-3-20-11(19)9-7-17-18(2)10(9)8-16-6-4-5-12(13,14)15/h7,16H,3-6,8H2,1-2H3. The number of nitrogens with one attached hydrogen (secondary N) is 1. The molecule has 20 heavy (non-hydrogen) atoms. The number of carbonyl (C=O) groups excluding carboxylic acids is 1. The summed E-state index contributed by atoms with van der Waals surface area (Å²) < 4.78 is 42.3. The van der Waals surface area contributed by atoms with Gasteiger partial charge >= 0.3 is 12.1 Å². The number of hydrogen-bond acceptors (Lipinski definition) is 4. The number of aryl methyl sites for hydroxylation is 1. The Kier molecular flexibility index (Phi) is 6.00. The third-order valence-electron chi connectivity index (χ3n) is 2.66. The van der Waals surface area contributed by atoms with Crippen molar-refractivity contribution < 1.29 is 22.7 Å². The first kappa shape index (κ1) is 16.5. The normalized spacial score (nSPS) is 11.7. The van der Waals surface area contributed by atoms with E-state index in [0.717, 1.165) is 0 Å². The molecule has 0 spiro atoms. The molecule has 1 N–H and O–H groups in total. The number of nitrogens with zero attached hydrogens (tertiary/aromatic N) is 2. The zero-order valence-corrected chi connectivity index (χ0v) is 11.5. The average Bonchev–Trinajstić information content (AvgIpc) is 2.69. The lowest BCUT2D eigenvalue weighted by molar-refractivity contribution is -0.135. The molecule has 0 fully saturated rings. The molecular formula is C12H18F3N3O2. The lowest BCUT2D eigenvalue weighted by atomic mass is 10.2. The van der Waals surface area contributed by atoms with Crippen LogP contribution >= 0.6 is 0 Å². The fourth-order valence-corrected chi connectivity index (χ4v) is 1.67. The van der Waals surface area contributed by atoms with Crippen molar-refractivity contribution in [3.05, 3.63) is 17.5 Å². The van der Waals surface area contributed by atoms with Gasteiger partial charge in [0, 0.05) is 20.0 Å². The topological polar surface area (TPSA) is 56.1 Å². The van der Waals surface area contributed by atoms with Gasteiger partial charge in [0.15, 0.2) is 0 Å². The third-order valence-corrected chi connectivity index (χ3v) is 2.66. The number of halogens is 3. The maximum Gasteiger partial charge on any atom is 0.389 e. The zero-order valence-electron chi connectivity index (χ0n) is 11.5. The Morgan fingerprint density at radius 1 is 1.50 bits per heavy atom. The highest BCUT2D eigenvalue weighted by atomic mass is 19.4. The van der Waals surface area contributed by atoms with E-state index in [0.29, 0.717) is 11.3 Å². The molecule has 0 saturated carbocycles. The lowest BCUT2D eigenvalue weighted by Gasteiger charge is -2.09. The number of aromatic nitrogens is 2. The number of ether oxygens (including phenoxy) is 1. The average molecular weight is 293 g/mol. The summed E-state index contributed by atoms with van der Waals surface area (Å²) in [4.78, 5) is 11.6. The lowest BCUT2D eigenvalue weighted by Crippen LogP contribution is -2.21. The van der Waals surface area contributed by atoms with Crippen molar-refractivity contribution >= 4 is 5.97 Å². The number of carbonyl (C=O) groups is 1. The van der Waals surface area contributed by atoms with Gasteiger partial charge in [-0.1, -0.05) is 0 Å². The minimum absolute atomic E-state index is 0.00388. The molecule has 1 rings (SSSR count). The predicted molar refractivity (Wildman–Crippen MR) is 66.2 cm³/mol. The first-order valence-corrected chi connectivity index (χ1v) is 6.30. The van der Waals surface area contributed by atoms with Crippen molar-refractivity contribution in [2.24, 2.45) is 7.05 Å². The molecule has 1 aromatic rings. The maximum atomic E-state index is 12.0. The molecule has 1 aromatic heterocycles. The van der Waals surface area contributed by atoms with Crippen molar-refractivity contribution in [3.63, 3.8) is 0 Å². The Hall–Kier alpha value is -1.57. The van der Waals surface area contributed by atoms with Gasteiger partial charge in [-0.2, -0.15) is 18.3 Å². The molecule has 1 heterocycles. The van der Waals surface area contributed by atoms with Crippen LogP contribution in [0.3, 0.4) is 0 Å². The van der Waals surface area contributed by atoms with E-state index in [9.17, 15) is 18.0 Å². The van der Waals surface area contributed by atoms with Crippen LogP contribution in [-0.4, -0.2) is 35.1 Å². The van der Waals surface area contributed by atoms with E-state index in [1.54, 1.807) is 14.0 Å². The van der Waals surface area contributed by atoms with E-state index >= 15 is 0 Å². The Morgan fingerprint density at radius 3 is 2.80 bits per heavy atom. The van der Waals surface area contributed by atoms with Crippen molar-refractivity contribution in [2.75, 3.05) is 13.2 Å². The molecule has 0 aromatic carbocycles. The van der Waals surface area contributed by atoms with Gasteiger partial charge in [0.1, 0.15) is 5.56 Å². The molecule has 0 amide bonds. The molecule has 5 nitrogen and oxygen atoms in total. The Labute approximate surface area is 115 Å². The molecule has 0 aliphatic carbocycles. The summed E-state index contributed by atoms with van der Waals surface area (Å²) in [7, 11) is 1.66. The zero-order chi connectivity index (χ0) is 15.2. The van der Waals surface area contributed by atoms with Crippen LogP contribution in [0.5, 0.6) is 0 Å². The predicted octanol–water partition coefficient (Wildman–Crippen LogP) is 2.03. The molecular weight excluding hydrogens is 275 g/mol. The number of hydrogen-bond donors (Lipinski definition) is 1. The second kappa shape index (κ2) is 7.28. The molecule has 0 unspecified atom stereocenters. The third kappa shape index (κ3) is 5.20. The fourth-order valence-electron chi connectivity index (χ4n) is 1.67. The van der Waals surface area contributed by atoms with Gasteiger partial charge in [0.25, 0.3) is 0 Å². The first-order valence-electron chi connectivity index (χ1n) is 6.30. The quantitative estimate of drug-likeness (QED) is 0.617. The van der Waals surface area contributed by atoms with Gasteiger partial charge in [-0.15, -0.1) is 0 Å². The van der Waals surface area contributed by atoms with E-state index < -0.39 is 18.6 Å². The van der Waals surface area contributed by atoms with Gasteiger partial charge in [-0.25, -0.2) is 4.79 Å². The largest absolute Gasteiger partial charge is 0.462 e. The summed E-state index contributed by atoms with van der Waals surface area (Å²) >= 11 is 0. The van der Waals surface area contributed by atoms with E-state index in [4.69, 9.17) is 4.74 Å². The summed E-state index contributed by atoms with van der Waals surface area (Å²) in [6.45, 7) is 2.44. The Bertz CT molecular complexity index is 444. The molecule has 0 radical (unpaired) electrons. The molecule has 0 aliphatic heterocycles. The molecule has 8 heteroatoms. The summed E-state index contributed by atoms with van der Waals surface area (Å²) in [6, 6.07) is 0. The van der Waals surface area contributed by atoms with E-state index in [2.05, 4.69) is 10.4 Å². The highest BCUT2D eigenvalue weighted by Gasteiger charge is 2.25. The highest BCUT2D eigenvalue weighted by molar-refractivity contribution is 5.90. The van der Waals surface area contributed by atoms with Crippen LogP contribution in [0.2, 0.25) is 0 Å². The summed E-state index contributed by atoms with van der Waals surface area (Å²) in [5.74, 6) is -0.479. The smallest absolute Gasteiger partial charge is 0.389 e. The van der Waals surface area contributed by atoms with E-state index in [1.165, 1.54) is 10.9 Å². The number of alkyl halides is 3. The first-order chi connectivity index (χ1) is 9.35. The second-order valence-corrected chi connectivity index (χ2v) is 4.24. The van der Waals surface area contributed by atoms with Crippen molar-refractivity contribution in [3.8, 4) is 0 Å². The summed E-state index contributed by atoms with van der Waals surface area (Å²) in [5, 5.41) is 6.82. The summed E-state index contributed by atoms with van der Waals surface area (Å²) in [6.07, 6.45) is -3.57. The second-order valence-electron chi connectivity index (χ2n) is 4.24. The Balaban J connectivity index is 2.47. The van der Waals surface area contributed by atoms with Crippen LogP contribution < -0.4 is 5.32 Å². The van der Waals surface area contributed by atoms with Crippen molar-refractivity contribution in [2.45, 2.75) is 32.5 Å². The molecule has 114 valence electrons. The van der Waals surface area contributed by atoms with Gasteiger partial charge in [0.05, 0.1) is 18.5 Å². The number of esters is 1. The van der Waals surface area contributed by atoms with Crippen LogP contribution in [0.4, 0.5) is 13.2 Å². The van der Waals surface area contributed by atoms with Gasteiger partial charge < -0.3 is 10.1 Å². The van der Waals surface area contributed by atoms with Crippen LogP contribution in [0.25, 0.3) is 0 Å². The minimum Gasteiger partial charge on any atom is -0.462 e. The monoisotopic (exact) mass is 293 g/mol. The summed E-state index contributed by atoms with van der Waals surface area (Å²) in [5.41, 5.74) is 0.924. The Morgan fingerprint density at radius 2 is 2.20 bits per heavy atom. The molecule has 0 atom stereocenters. The van der Waals surface area contributed by atoms with E-state index in [1.807, 2.05) is 0 Å². The molecule has 0 saturated heterocycles. The van der Waals surface area contributed by atoms with Crippen LogP contribution in [0, 0.1) is 0 Å². The SMILES string of the molecule is CCOC(=O)c1cnn(C)c1CNCCCC(F)(F)F. The molecule has 0 aliphatic rings. The van der Waals surface area contributed by atoms with Crippen LogP contribution in [0.1, 0.15) is 35.8 Å². The molecule has 0 bridgehead atoms. The van der Waals surface area contributed by atoms with Crippen LogP contribution in [0.15, 0.2) is 6.20 Å². The van der Waals surface area contributed by atoms with Crippen molar-refractivity contribution in [1.29, 1.82) is 0 Å². The maximum absolute atomic E-state index is 12.0. The number of rotatable bonds is 7. The fraction of sp³-hybridized carbons (Fsp3) is 0.667. The van der Waals surface area contributed by atoms with Gasteiger partial charge in [-0.05, 0) is 19.9 Å².